The third-order valence-corrected chi connectivity index (χ3v) is 7.06. The number of amides is 4. The Balaban J connectivity index is 1.38. The van der Waals surface area contributed by atoms with Crippen molar-refractivity contribution in [1.82, 2.24) is 20.4 Å². The summed E-state index contributed by atoms with van der Waals surface area (Å²) in [5.41, 5.74) is 0.944. The maximum atomic E-state index is 12.9. The summed E-state index contributed by atoms with van der Waals surface area (Å²) in [6.07, 6.45) is 2.26. The SMILES string of the molecule is CC(=O)N[C@H](CC(=O)O)NC(=O)[C@@H]1CCCN(C(=O)CCC2CCN(C(=O)OCc3ccccc3)CC2)C1. The van der Waals surface area contributed by atoms with Crippen molar-refractivity contribution in [3.8, 4) is 0 Å². The molecule has 0 bridgehead atoms. The van der Waals surface area contributed by atoms with Crippen LogP contribution in [0, 0.1) is 11.8 Å². The van der Waals surface area contributed by atoms with Crippen LogP contribution in [0.2, 0.25) is 0 Å². The van der Waals surface area contributed by atoms with Crippen LogP contribution < -0.4 is 10.6 Å². The molecule has 0 radical (unpaired) electrons. The van der Waals surface area contributed by atoms with Crippen molar-refractivity contribution < 1.29 is 33.8 Å². The second-order valence-electron chi connectivity index (χ2n) is 10.0. The van der Waals surface area contributed by atoms with Gasteiger partial charge in [0.15, 0.2) is 0 Å². The zero-order valence-electron chi connectivity index (χ0n) is 21.9. The van der Waals surface area contributed by atoms with E-state index >= 15 is 0 Å². The van der Waals surface area contributed by atoms with E-state index in [1.165, 1.54) is 6.92 Å². The van der Waals surface area contributed by atoms with Crippen LogP contribution in [0.3, 0.4) is 0 Å². The minimum atomic E-state index is -1.14. The number of nitrogens with zero attached hydrogens (tertiary/aromatic N) is 2. The maximum Gasteiger partial charge on any atom is 0.410 e. The molecule has 1 aromatic carbocycles. The fourth-order valence-corrected chi connectivity index (χ4v) is 4.97. The number of carboxylic acids is 1. The standard InChI is InChI=1S/C27H38N4O7/c1-19(32)28-23(16-25(34)35)29-26(36)22-8-5-13-31(17-22)24(33)10-9-20-11-14-30(15-12-20)27(37)38-18-21-6-3-2-4-7-21/h2-4,6-7,20,22-23H,5,8-18H2,1H3,(H,28,32)(H,29,36)(H,34,35)/t22-,23+/m1/s1. The first kappa shape index (κ1) is 28.9. The van der Waals surface area contributed by atoms with Crippen molar-refractivity contribution in [2.45, 2.75) is 64.6 Å². The van der Waals surface area contributed by atoms with E-state index in [0.717, 1.165) is 24.8 Å². The van der Waals surface area contributed by atoms with Gasteiger partial charge in [-0.2, -0.15) is 0 Å². The molecule has 2 atom stereocenters. The minimum Gasteiger partial charge on any atom is -0.481 e. The molecule has 11 heteroatoms. The number of benzene rings is 1. The third-order valence-electron chi connectivity index (χ3n) is 7.06. The second kappa shape index (κ2) is 14.3. The lowest BCUT2D eigenvalue weighted by Gasteiger charge is -2.34. The maximum absolute atomic E-state index is 12.9. The van der Waals surface area contributed by atoms with Crippen molar-refractivity contribution in [2.24, 2.45) is 11.8 Å². The second-order valence-corrected chi connectivity index (χ2v) is 10.0. The summed E-state index contributed by atoms with van der Waals surface area (Å²) in [6, 6.07) is 9.54. The Kier molecular flexibility index (Phi) is 10.9. The van der Waals surface area contributed by atoms with E-state index < -0.39 is 30.4 Å². The molecular formula is C27H38N4O7. The van der Waals surface area contributed by atoms with Gasteiger partial charge in [0.1, 0.15) is 12.8 Å². The monoisotopic (exact) mass is 530 g/mol. The van der Waals surface area contributed by atoms with Gasteiger partial charge in [-0.05, 0) is 43.6 Å². The molecule has 3 rings (SSSR count). The van der Waals surface area contributed by atoms with Gasteiger partial charge in [0.2, 0.25) is 17.7 Å². The van der Waals surface area contributed by atoms with Gasteiger partial charge < -0.3 is 30.3 Å². The quantitative estimate of drug-likeness (QED) is 0.393. The largest absolute Gasteiger partial charge is 0.481 e. The number of likely N-dealkylation sites (tertiary alicyclic amines) is 2. The number of nitrogens with one attached hydrogen (secondary N) is 2. The molecule has 2 saturated heterocycles. The fourth-order valence-electron chi connectivity index (χ4n) is 4.97. The highest BCUT2D eigenvalue weighted by atomic mass is 16.6. The zero-order chi connectivity index (χ0) is 27.5. The van der Waals surface area contributed by atoms with Crippen LogP contribution in [0.5, 0.6) is 0 Å². The lowest BCUT2D eigenvalue weighted by molar-refractivity contribution is -0.138. The number of carbonyl (C=O) groups excluding carboxylic acids is 4. The molecule has 0 aromatic heterocycles. The summed E-state index contributed by atoms with van der Waals surface area (Å²) in [5.74, 6) is -2.06. The molecule has 11 nitrogen and oxygen atoms in total. The highest BCUT2D eigenvalue weighted by Gasteiger charge is 2.31. The molecule has 0 spiro atoms. The Labute approximate surface area is 222 Å². The Bertz CT molecular complexity index is 963. The number of piperidine rings is 2. The third kappa shape index (κ3) is 9.35. The molecule has 4 amide bonds. The number of carboxylic acid groups (broad SMARTS) is 1. The Morgan fingerprint density at radius 3 is 2.37 bits per heavy atom. The van der Waals surface area contributed by atoms with E-state index in [2.05, 4.69) is 10.6 Å². The highest BCUT2D eigenvalue weighted by Crippen LogP contribution is 2.24. The van der Waals surface area contributed by atoms with Crippen molar-refractivity contribution >= 4 is 29.8 Å². The molecular weight excluding hydrogens is 492 g/mol. The van der Waals surface area contributed by atoms with E-state index in [-0.39, 0.29) is 31.1 Å². The van der Waals surface area contributed by atoms with Crippen LogP contribution in [0.15, 0.2) is 30.3 Å². The smallest absolute Gasteiger partial charge is 0.410 e. The van der Waals surface area contributed by atoms with Gasteiger partial charge in [-0.1, -0.05) is 30.3 Å². The van der Waals surface area contributed by atoms with Gasteiger partial charge in [-0.15, -0.1) is 0 Å². The molecule has 3 N–H and O–H groups in total. The number of aliphatic carboxylic acids is 1. The zero-order valence-corrected chi connectivity index (χ0v) is 21.9. The molecule has 2 aliphatic heterocycles. The summed E-state index contributed by atoms with van der Waals surface area (Å²) in [5, 5.41) is 14.1. The number of hydrogen-bond donors (Lipinski definition) is 3. The molecule has 0 saturated carbocycles. The van der Waals surface area contributed by atoms with Gasteiger partial charge in [0.05, 0.1) is 12.3 Å². The van der Waals surface area contributed by atoms with Crippen LogP contribution >= 0.6 is 0 Å². The number of rotatable bonds is 10. The van der Waals surface area contributed by atoms with Crippen molar-refractivity contribution in [3.05, 3.63) is 35.9 Å². The first-order valence-corrected chi connectivity index (χ1v) is 13.2. The lowest BCUT2D eigenvalue weighted by Crippen LogP contribution is -2.53. The molecule has 2 heterocycles. The minimum absolute atomic E-state index is 0.00357. The molecule has 2 fully saturated rings. The van der Waals surface area contributed by atoms with E-state index in [1.54, 1.807) is 9.80 Å². The van der Waals surface area contributed by atoms with Crippen molar-refractivity contribution in [1.29, 1.82) is 0 Å². The van der Waals surface area contributed by atoms with Crippen molar-refractivity contribution in [3.63, 3.8) is 0 Å². The van der Waals surface area contributed by atoms with Crippen molar-refractivity contribution in [2.75, 3.05) is 26.2 Å². The van der Waals surface area contributed by atoms with E-state index in [4.69, 9.17) is 9.84 Å². The van der Waals surface area contributed by atoms with Crippen LogP contribution in [0.1, 0.15) is 57.4 Å². The first-order chi connectivity index (χ1) is 18.2. The average Bonchev–Trinajstić information content (AvgIpc) is 2.90. The molecule has 0 aliphatic carbocycles. The number of ether oxygens (including phenoxy) is 1. The molecule has 1 aromatic rings. The summed E-state index contributed by atoms with van der Waals surface area (Å²) >= 11 is 0. The van der Waals surface area contributed by atoms with Crippen LogP contribution in [-0.2, 0) is 30.5 Å². The predicted octanol–water partition coefficient (Wildman–Crippen LogP) is 2.11. The summed E-state index contributed by atoms with van der Waals surface area (Å²) in [4.78, 5) is 63.8. The van der Waals surface area contributed by atoms with Gasteiger partial charge in [0, 0.05) is 39.5 Å². The van der Waals surface area contributed by atoms with Gasteiger partial charge in [-0.25, -0.2) is 4.79 Å². The Morgan fingerprint density at radius 2 is 1.71 bits per heavy atom. The predicted molar refractivity (Wildman–Crippen MR) is 137 cm³/mol. The summed E-state index contributed by atoms with van der Waals surface area (Å²) in [7, 11) is 0. The topological polar surface area (TPSA) is 145 Å². The number of hydrogen-bond acceptors (Lipinski definition) is 6. The van der Waals surface area contributed by atoms with E-state index in [0.29, 0.717) is 44.8 Å². The van der Waals surface area contributed by atoms with Crippen LogP contribution in [0.25, 0.3) is 0 Å². The highest BCUT2D eigenvalue weighted by molar-refractivity contribution is 5.83. The van der Waals surface area contributed by atoms with Crippen LogP contribution in [-0.4, -0.2) is 77.0 Å². The molecule has 208 valence electrons. The van der Waals surface area contributed by atoms with E-state index in [1.807, 2.05) is 30.3 Å². The summed E-state index contributed by atoms with van der Waals surface area (Å²) < 4.78 is 5.42. The van der Waals surface area contributed by atoms with Gasteiger partial charge >= 0.3 is 12.1 Å². The Hall–Kier alpha value is -3.63. The number of carbonyl (C=O) groups is 5. The average molecular weight is 531 g/mol. The van der Waals surface area contributed by atoms with E-state index in [9.17, 15) is 24.0 Å². The molecule has 38 heavy (non-hydrogen) atoms. The summed E-state index contributed by atoms with van der Waals surface area (Å²) in [6.45, 7) is 3.56. The lowest BCUT2D eigenvalue weighted by atomic mass is 9.91. The fraction of sp³-hybridized carbons (Fsp3) is 0.593. The first-order valence-electron chi connectivity index (χ1n) is 13.2. The Morgan fingerprint density at radius 1 is 1.00 bits per heavy atom. The van der Waals surface area contributed by atoms with Gasteiger partial charge in [0.25, 0.3) is 0 Å². The molecule has 2 aliphatic rings. The normalized spacial score (nSPS) is 18.8. The molecule has 0 unspecified atom stereocenters. The van der Waals surface area contributed by atoms with Crippen LogP contribution in [0.4, 0.5) is 4.79 Å². The van der Waals surface area contributed by atoms with Gasteiger partial charge in [-0.3, -0.25) is 19.2 Å².